The number of aromatic nitrogens is 4. The Morgan fingerprint density at radius 2 is 1.88 bits per heavy atom. The maximum Gasteiger partial charge on any atom is 0.332 e. The van der Waals surface area contributed by atoms with Gasteiger partial charge in [0.05, 0.1) is 5.75 Å². The molecule has 4 rings (SSSR count). The maximum absolute atomic E-state index is 12.9. The highest BCUT2D eigenvalue weighted by Crippen LogP contribution is 2.33. The van der Waals surface area contributed by atoms with Crippen molar-refractivity contribution in [2.75, 3.05) is 11.1 Å². The second-order valence-corrected chi connectivity index (χ2v) is 9.30. The number of anilines is 1. The number of carbonyl (C=O) groups is 1. The first-order valence-corrected chi connectivity index (χ1v) is 11.8. The van der Waals surface area contributed by atoms with Crippen molar-refractivity contribution in [2.24, 2.45) is 14.1 Å². The molecular formula is C23H27N5O3S. The van der Waals surface area contributed by atoms with Gasteiger partial charge >= 0.3 is 5.69 Å². The van der Waals surface area contributed by atoms with E-state index in [1.54, 1.807) is 7.05 Å². The van der Waals surface area contributed by atoms with Crippen LogP contribution in [0, 0.1) is 6.92 Å². The van der Waals surface area contributed by atoms with E-state index >= 15 is 0 Å². The lowest BCUT2D eigenvalue weighted by Crippen LogP contribution is -2.38. The Kier molecular flexibility index (Phi) is 6.45. The van der Waals surface area contributed by atoms with Crippen LogP contribution in [0.3, 0.4) is 0 Å². The van der Waals surface area contributed by atoms with Gasteiger partial charge < -0.3 is 5.32 Å². The lowest BCUT2D eigenvalue weighted by atomic mass is 9.89. The van der Waals surface area contributed by atoms with E-state index in [4.69, 9.17) is 4.98 Å². The summed E-state index contributed by atoms with van der Waals surface area (Å²) in [5.74, 6) is 0.763. The zero-order chi connectivity index (χ0) is 22.8. The number of thioether (sulfide) groups is 1. The molecule has 1 fully saturated rings. The Hall–Kier alpha value is -2.94. The summed E-state index contributed by atoms with van der Waals surface area (Å²) < 4.78 is 2.45. The van der Waals surface area contributed by atoms with Gasteiger partial charge in [-0.15, -0.1) is 0 Å². The summed E-state index contributed by atoms with van der Waals surface area (Å²) in [6.07, 6.45) is 5.40. The third kappa shape index (κ3) is 4.48. The van der Waals surface area contributed by atoms with E-state index in [-0.39, 0.29) is 23.0 Å². The van der Waals surface area contributed by atoms with Gasteiger partial charge in [0, 0.05) is 25.7 Å². The van der Waals surface area contributed by atoms with Crippen molar-refractivity contribution in [3.05, 3.63) is 56.5 Å². The highest BCUT2D eigenvalue weighted by atomic mass is 32.2. The molecule has 32 heavy (non-hydrogen) atoms. The molecule has 168 valence electrons. The lowest BCUT2D eigenvalue weighted by Gasteiger charge is -2.21. The number of hydrogen-bond donors (Lipinski definition) is 1. The van der Waals surface area contributed by atoms with Gasteiger partial charge in [0.2, 0.25) is 5.91 Å². The number of rotatable bonds is 5. The van der Waals surface area contributed by atoms with Crippen LogP contribution in [0.1, 0.15) is 49.4 Å². The normalized spacial score (nSPS) is 14.6. The molecule has 0 spiro atoms. The second-order valence-electron chi connectivity index (χ2n) is 8.33. The molecule has 0 radical (unpaired) electrons. The molecule has 0 unspecified atom stereocenters. The molecule has 0 bridgehead atoms. The van der Waals surface area contributed by atoms with Gasteiger partial charge in [-0.25, -0.2) is 14.8 Å². The van der Waals surface area contributed by atoms with Gasteiger partial charge in [-0.2, -0.15) is 0 Å². The Morgan fingerprint density at radius 1 is 1.12 bits per heavy atom. The van der Waals surface area contributed by atoms with E-state index in [1.807, 2.05) is 31.2 Å². The summed E-state index contributed by atoms with van der Waals surface area (Å²) in [5.41, 5.74) is 1.24. The van der Waals surface area contributed by atoms with Crippen LogP contribution in [-0.4, -0.2) is 30.8 Å². The van der Waals surface area contributed by atoms with Crippen molar-refractivity contribution in [2.45, 2.75) is 50.0 Å². The van der Waals surface area contributed by atoms with Gasteiger partial charge in [-0.3, -0.25) is 18.7 Å². The maximum atomic E-state index is 12.9. The molecule has 1 aliphatic carbocycles. The van der Waals surface area contributed by atoms with Crippen molar-refractivity contribution < 1.29 is 4.79 Å². The number of nitrogens with one attached hydrogen (secondary N) is 1. The van der Waals surface area contributed by atoms with Crippen molar-refractivity contribution in [1.82, 2.24) is 19.1 Å². The molecule has 1 amide bonds. The highest BCUT2D eigenvalue weighted by molar-refractivity contribution is 8.00. The van der Waals surface area contributed by atoms with Crippen LogP contribution in [-0.2, 0) is 18.9 Å². The number of nitrogens with zero attached hydrogens (tertiary/aromatic N) is 4. The molecular weight excluding hydrogens is 426 g/mol. The minimum Gasteiger partial charge on any atom is -0.325 e. The van der Waals surface area contributed by atoms with Crippen LogP contribution in [0.25, 0.3) is 11.0 Å². The highest BCUT2D eigenvalue weighted by Gasteiger charge is 2.23. The van der Waals surface area contributed by atoms with Crippen molar-refractivity contribution >= 4 is 34.4 Å². The number of aryl methyl sites for hydroxylation is 2. The van der Waals surface area contributed by atoms with Gasteiger partial charge in [0.25, 0.3) is 5.56 Å². The SMILES string of the molecule is Cc1cccc(NC(=O)CSc2nc(C3CCCCC3)nc3c2c(=O)n(C)c(=O)n3C)c1. The molecule has 0 aliphatic heterocycles. The number of hydrogen-bond acceptors (Lipinski definition) is 6. The molecule has 2 aromatic heterocycles. The molecule has 2 heterocycles. The lowest BCUT2D eigenvalue weighted by molar-refractivity contribution is -0.113. The van der Waals surface area contributed by atoms with Gasteiger partial charge in [0.15, 0.2) is 5.65 Å². The first kappa shape index (κ1) is 22.3. The quantitative estimate of drug-likeness (QED) is 0.471. The van der Waals surface area contributed by atoms with Crippen LogP contribution < -0.4 is 16.6 Å². The molecule has 1 aromatic carbocycles. The number of carbonyl (C=O) groups excluding carboxylic acids is 1. The molecule has 3 aromatic rings. The Bertz CT molecular complexity index is 1290. The van der Waals surface area contributed by atoms with E-state index in [0.717, 1.165) is 41.5 Å². The molecule has 0 atom stereocenters. The topological polar surface area (TPSA) is 98.9 Å². The predicted molar refractivity (Wildman–Crippen MR) is 126 cm³/mol. The third-order valence-corrected chi connectivity index (χ3v) is 6.87. The predicted octanol–water partition coefficient (Wildman–Crippen LogP) is 3.11. The smallest absolute Gasteiger partial charge is 0.325 e. The zero-order valence-corrected chi connectivity index (χ0v) is 19.4. The van der Waals surface area contributed by atoms with E-state index in [9.17, 15) is 14.4 Å². The van der Waals surface area contributed by atoms with Crippen molar-refractivity contribution in [1.29, 1.82) is 0 Å². The average Bonchev–Trinajstić information content (AvgIpc) is 2.80. The van der Waals surface area contributed by atoms with E-state index in [1.165, 1.54) is 29.8 Å². The minimum absolute atomic E-state index is 0.0934. The van der Waals surface area contributed by atoms with Crippen molar-refractivity contribution in [3.63, 3.8) is 0 Å². The van der Waals surface area contributed by atoms with Gasteiger partial charge in [-0.05, 0) is 37.5 Å². The first-order chi connectivity index (χ1) is 15.3. The fraction of sp³-hybridized carbons (Fsp3) is 0.435. The Balaban J connectivity index is 1.70. The van der Waals surface area contributed by atoms with Crippen LogP contribution in [0.4, 0.5) is 5.69 Å². The zero-order valence-electron chi connectivity index (χ0n) is 18.6. The summed E-state index contributed by atoms with van der Waals surface area (Å²) in [4.78, 5) is 47.4. The standard InChI is InChI=1S/C23H27N5O3S/c1-14-8-7-11-16(12-14)24-17(29)13-32-21-18-20(27(2)23(31)28(3)22(18)30)25-19(26-21)15-9-5-4-6-10-15/h7-8,11-12,15H,4-6,9-10,13H2,1-3H3,(H,24,29). The van der Waals surface area contributed by atoms with Crippen molar-refractivity contribution in [3.8, 4) is 0 Å². The number of fused-ring (bicyclic) bond motifs is 1. The first-order valence-electron chi connectivity index (χ1n) is 10.8. The summed E-state index contributed by atoms with van der Waals surface area (Å²) in [6.45, 7) is 1.96. The van der Waals surface area contributed by atoms with Crippen LogP contribution in [0.15, 0.2) is 38.9 Å². The van der Waals surface area contributed by atoms with E-state index < -0.39 is 11.2 Å². The largest absolute Gasteiger partial charge is 0.332 e. The summed E-state index contributed by atoms with van der Waals surface area (Å²) >= 11 is 1.21. The fourth-order valence-electron chi connectivity index (χ4n) is 4.15. The average molecular weight is 454 g/mol. The Labute approximate surface area is 190 Å². The van der Waals surface area contributed by atoms with Crippen LogP contribution in [0.5, 0.6) is 0 Å². The van der Waals surface area contributed by atoms with Crippen LogP contribution in [0.2, 0.25) is 0 Å². The summed E-state index contributed by atoms with van der Waals surface area (Å²) in [7, 11) is 3.05. The van der Waals surface area contributed by atoms with E-state index in [2.05, 4.69) is 10.3 Å². The molecule has 1 N–H and O–H groups in total. The fourth-order valence-corrected chi connectivity index (χ4v) is 4.97. The third-order valence-electron chi connectivity index (χ3n) is 5.90. The van der Waals surface area contributed by atoms with Gasteiger partial charge in [0.1, 0.15) is 16.2 Å². The number of benzene rings is 1. The second kappa shape index (κ2) is 9.28. The molecule has 0 saturated heterocycles. The summed E-state index contributed by atoms with van der Waals surface area (Å²) in [6, 6.07) is 7.58. The molecule has 9 heteroatoms. The van der Waals surface area contributed by atoms with Gasteiger partial charge in [-0.1, -0.05) is 43.2 Å². The molecule has 8 nitrogen and oxygen atoms in total. The number of amides is 1. The monoisotopic (exact) mass is 453 g/mol. The molecule has 1 aliphatic rings. The van der Waals surface area contributed by atoms with Crippen LogP contribution >= 0.6 is 11.8 Å². The summed E-state index contributed by atoms with van der Waals surface area (Å²) in [5, 5.41) is 3.61. The Morgan fingerprint density at radius 3 is 2.59 bits per heavy atom. The van der Waals surface area contributed by atoms with E-state index in [0.29, 0.717) is 16.5 Å². The minimum atomic E-state index is -0.445. The molecule has 1 saturated carbocycles.